The summed E-state index contributed by atoms with van der Waals surface area (Å²) in [6.07, 6.45) is 5.70. The molecule has 6 heterocycles. The van der Waals surface area contributed by atoms with E-state index < -0.39 is 24.3 Å². The molecule has 0 bridgehead atoms. The molecular weight excluding hydrogens is 848 g/mol. The Hall–Kier alpha value is -4.90. The summed E-state index contributed by atoms with van der Waals surface area (Å²) in [5.74, 6) is 1.01. The Morgan fingerprint density at radius 1 is 0.633 bits per heavy atom. The Labute approximate surface area is 370 Å². The number of nitrogens with zero attached hydrogens (tertiary/aromatic N) is 4. The van der Waals surface area contributed by atoms with Crippen LogP contribution in [0.25, 0.3) is 42.0 Å². The van der Waals surface area contributed by atoms with Crippen LogP contribution in [0.15, 0.2) is 60.9 Å². The lowest BCUT2D eigenvalue weighted by Crippen LogP contribution is -2.51. The number of methoxy groups -OCH3 is 2. The molecule has 18 heteroatoms. The third-order valence-electron chi connectivity index (χ3n) is 10.9. The first-order chi connectivity index (χ1) is 27.9. The monoisotopic (exact) mass is 898 g/mol. The predicted octanol–water partition coefficient (Wildman–Crippen LogP) is 8.86. The highest BCUT2D eigenvalue weighted by atomic mass is 35.5. The SMILES string of the molecule is COC(=O)N[C@H](C(=O)N1CCC[C@H]1c1ncc(-c2ccc(-c3ccc(-c4ccc(-c5cnc([C@@H]6CCCN6C(=O)[C@@H](NC(=O)OC)C(C)C)[nH]5)s4)cc3)s2)[nH]1)C(C)C.Cl.Cl. The molecule has 0 saturated carbocycles. The molecule has 60 heavy (non-hydrogen) atoms. The lowest BCUT2D eigenvalue weighted by atomic mass is 10.0. The van der Waals surface area contributed by atoms with Crippen molar-refractivity contribution < 1.29 is 28.7 Å². The zero-order valence-electron chi connectivity index (χ0n) is 34.4. The quantitative estimate of drug-likeness (QED) is 0.0961. The number of H-pyrrole nitrogens is 2. The van der Waals surface area contributed by atoms with Gasteiger partial charge in [-0.15, -0.1) is 47.5 Å². The van der Waals surface area contributed by atoms with Crippen LogP contribution in [0.1, 0.15) is 77.1 Å². The number of likely N-dealkylation sites (tertiary alicyclic amines) is 2. The van der Waals surface area contributed by atoms with E-state index in [4.69, 9.17) is 19.4 Å². The van der Waals surface area contributed by atoms with Crippen LogP contribution < -0.4 is 10.6 Å². The molecule has 0 aliphatic carbocycles. The van der Waals surface area contributed by atoms with Crippen molar-refractivity contribution in [1.29, 1.82) is 0 Å². The zero-order chi connectivity index (χ0) is 41.1. The van der Waals surface area contributed by atoms with Gasteiger partial charge in [0.1, 0.15) is 23.7 Å². The minimum Gasteiger partial charge on any atom is -0.453 e. The van der Waals surface area contributed by atoms with E-state index in [2.05, 4.69) is 69.1 Å². The van der Waals surface area contributed by atoms with Gasteiger partial charge in [0.25, 0.3) is 0 Å². The number of imidazole rings is 2. The van der Waals surface area contributed by atoms with Crippen LogP contribution in [0.5, 0.6) is 0 Å². The summed E-state index contributed by atoms with van der Waals surface area (Å²) in [5, 5.41) is 5.41. The Morgan fingerprint density at radius 2 is 1.00 bits per heavy atom. The van der Waals surface area contributed by atoms with E-state index >= 15 is 0 Å². The van der Waals surface area contributed by atoms with E-state index in [1.807, 2.05) is 49.9 Å². The molecule has 2 aliphatic rings. The van der Waals surface area contributed by atoms with Gasteiger partial charge in [-0.3, -0.25) is 9.59 Å². The first-order valence-electron chi connectivity index (χ1n) is 19.7. The molecular formula is C42H52Cl2N8O6S2. The van der Waals surface area contributed by atoms with Crippen molar-refractivity contribution in [2.45, 2.75) is 77.5 Å². The molecule has 2 aliphatic heterocycles. The average molecular weight is 900 g/mol. The van der Waals surface area contributed by atoms with Gasteiger partial charge >= 0.3 is 12.2 Å². The van der Waals surface area contributed by atoms with Gasteiger partial charge in [0.2, 0.25) is 11.8 Å². The molecule has 4 aromatic heterocycles. The number of carbonyl (C=O) groups excluding carboxylic acids is 4. The Kier molecular flexibility index (Phi) is 15.5. The molecule has 0 radical (unpaired) electrons. The lowest BCUT2D eigenvalue weighted by molar-refractivity contribution is -0.136. The highest BCUT2D eigenvalue weighted by Gasteiger charge is 2.39. The molecule has 2 fully saturated rings. The molecule has 14 nitrogen and oxygen atoms in total. The van der Waals surface area contributed by atoms with Crippen molar-refractivity contribution in [2.24, 2.45) is 11.8 Å². The van der Waals surface area contributed by atoms with Crippen LogP contribution in [-0.4, -0.2) is 93.1 Å². The summed E-state index contributed by atoms with van der Waals surface area (Å²) in [6.45, 7) is 8.82. The molecule has 1 aromatic carbocycles. The molecule has 4 atom stereocenters. The second-order valence-electron chi connectivity index (χ2n) is 15.4. The standard InChI is InChI=1S/C42H50N8O6S2.2ClH/c1-23(2)35(47-41(53)55-5)39(51)49-19-7-9-29(49)37-43-21-27(45-37)33-17-15-31(57-33)25-11-13-26(14-12-25)32-16-18-34(58-32)28-22-44-38(46-28)30-10-8-20-50(30)40(52)36(24(3)4)48-42(54)56-6;;/h11-18,21-24,29-30,35-36H,7-10,19-20H2,1-6H3,(H,43,45)(H,44,46)(H,47,53)(H,48,54);2*1H/t29-,30-,35-,36-;;/m0../s1. The molecule has 4 amide bonds. The summed E-state index contributed by atoms with van der Waals surface area (Å²) < 4.78 is 9.53. The summed E-state index contributed by atoms with van der Waals surface area (Å²) in [6, 6.07) is 15.2. The molecule has 7 rings (SSSR count). The van der Waals surface area contributed by atoms with Crippen molar-refractivity contribution in [3.63, 3.8) is 0 Å². The minimum absolute atomic E-state index is 0. The fourth-order valence-electron chi connectivity index (χ4n) is 7.72. The van der Waals surface area contributed by atoms with Crippen LogP contribution >= 0.6 is 47.5 Å². The van der Waals surface area contributed by atoms with Gasteiger partial charge in [-0.25, -0.2) is 19.6 Å². The van der Waals surface area contributed by atoms with Gasteiger partial charge in [-0.2, -0.15) is 0 Å². The number of ether oxygens (including phenoxy) is 2. The van der Waals surface area contributed by atoms with E-state index in [0.717, 1.165) is 79.4 Å². The van der Waals surface area contributed by atoms with Crippen molar-refractivity contribution in [1.82, 2.24) is 40.4 Å². The van der Waals surface area contributed by atoms with Gasteiger partial charge in [0.05, 0.1) is 59.8 Å². The number of aromatic amines is 2. The largest absolute Gasteiger partial charge is 0.453 e. The summed E-state index contributed by atoms with van der Waals surface area (Å²) in [7, 11) is 2.59. The summed E-state index contributed by atoms with van der Waals surface area (Å²) >= 11 is 3.35. The number of halogens is 2. The number of rotatable bonds is 12. The van der Waals surface area contributed by atoms with E-state index in [1.54, 1.807) is 22.7 Å². The first kappa shape index (κ1) is 46.2. The van der Waals surface area contributed by atoms with E-state index in [-0.39, 0.29) is 60.5 Å². The second kappa shape index (κ2) is 20.1. The van der Waals surface area contributed by atoms with Gasteiger partial charge in [-0.05, 0) is 72.9 Å². The number of hydrogen-bond donors (Lipinski definition) is 4. The first-order valence-corrected chi connectivity index (χ1v) is 21.3. The number of amides is 4. The van der Waals surface area contributed by atoms with Crippen molar-refractivity contribution in [3.8, 4) is 42.0 Å². The molecule has 2 saturated heterocycles. The highest BCUT2D eigenvalue weighted by molar-refractivity contribution is 7.19. The van der Waals surface area contributed by atoms with Crippen LogP contribution in [0.3, 0.4) is 0 Å². The average Bonchev–Trinajstić information content (AvgIpc) is 4.07. The third-order valence-corrected chi connectivity index (χ3v) is 13.2. The number of benzene rings is 1. The normalized spacial score (nSPS) is 17.2. The van der Waals surface area contributed by atoms with Crippen LogP contribution in [-0.2, 0) is 19.1 Å². The number of carbonyl (C=O) groups is 4. The topological polar surface area (TPSA) is 175 Å². The van der Waals surface area contributed by atoms with E-state index in [1.165, 1.54) is 14.2 Å². The van der Waals surface area contributed by atoms with Crippen molar-refractivity contribution in [2.75, 3.05) is 27.3 Å². The fourth-order valence-corrected chi connectivity index (χ4v) is 9.68. The third kappa shape index (κ3) is 9.83. The van der Waals surface area contributed by atoms with Crippen LogP contribution in [0.4, 0.5) is 9.59 Å². The zero-order valence-corrected chi connectivity index (χ0v) is 37.6. The number of aromatic nitrogens is 4. The van der Waals surface area contributed by atoms with E-state index in [0.29, 0.717) is 13.1 Å². The molecule has 322 valence electrons. The Bertz CT molecular complexity index is 2100. The maximum Gasteiger partial charge on any atom is 0.407 e. The number of thiophene rings is 2. The number of alkyl carbamates (subject to hydrolysis) is 2. The number of nitrogens with one attached hydrogen (secondary N) is 4. The van der Waals surface area contributed by atoms with Gasteiger partial charge in [-0.1, -0.05) is 52.0 Å². The van der Waals surface area contributed by atoms with Crippen LogP contribution in [0, 0.1) is 11.8 Å². The molecule has 5 aromatic rings. The highest BCUT2D eigenvalue weighted by Crippen LogP contribution is 2.40. The molecule has 4 N–H and O–H groups in total. The van der Waals surface area contributed by atoms with Gasteiger partial charge in [0, 0.05) is 22.8 Å². The maximum atomic E-state index is 13.6. The summed E-state index contributed by atoms with van der Waals surface area (Å²) in [5.41, 5.74) is 4.01. The maximum absolute atomic E-state index is 13.6. The van der Waals surface area contributed by atoms with Gasteiger partial charge < -0.3 is 39.9 Å². The molecule has 0 unspecified atom stereocenters. The smallest absolute Gasteiger partial charge is 0.407 e. The Morgan fingerprint density at radius 3 is 1.35 bits per heavy atom. The Balaban J connectivity index is 0.00000341. The van der Waals surface area contributed by atoms with Crippen LogP contribution in [0.2, 0.25) is 0 Å². The van der Waals surface area contributed by atoms with Crippen molar-refractivity contribution in [3.05, 3.63) is 72.6 Å². The second-order valence-corrected chi connectivity index (χ2v) is 17.5. The lowest BCUT2D eigenvalue weighted by Gasteiger charge is -2.30. The van der Waals surface area contributed by atoms with Gasteiger partial charge in [0.15, 0.2) is 0 Å². The fraction of sp³-hybridized carbons (Fsp3) is 0.429. The molecule has 0 spiro atoms. The predicted molar refractivity (Wildman–Crippen MR) is 238 cm³/mol. The van der Waals surface area contributed by atoms with E-state index in [9.17, 15) is 19.2 Å². The number of hydrogen-bond acceptors (Lipinski definition) is 10. The summed E-state index contributed by atoms with van der Waals surface area (Å²) in [4.78, 5) is 75.4. The minimum atomic E-state index is -0.684. The van der Waals surface area contributed by atoms with Crippen molar-refractivity contribution >= 4 is 71.5 Å².